The molecular formula is C10H14N2O4S. The molecule has 0 bridgehead atoms. The molecule has 6 nitrogen and oxygen atoms in total. The minimum absolute atomic E-state index is 0.00753. The first-order valence-corrected chi connectivity index (χ1v) is 6.90. The molecule has 0 aliphatic carbocycles. The number of aromatic carboxylic acids is 1. The molecule has 0 saturated carbocycles. The van der Waals surface area contributed by atoms with Crippen molar-refractivity contribution in [3.05, 3.63) is 23.8 Å². The van der Waals surface area contributed by atoms with Gasteiger partial charge in [0.05, 0.1) is 11.3 Å². The number of nitrogens with one attached hydrogen (secondary N) is 1. The van der Waals surface area contributed by atoms with Crippen LogP contribution in [0.5, 0.6) is 0 Å². The summed E-state index contributed by atoms with van der Waals surface area (Å²) < 4.78 is 21.8. The van der Waals surface area contributed by atoms with E-state index in [2.05, 4.69) is 5.32 Å². The van der Waals surface area contributed by atoms with Gasteiger partial charge in [-0.15, -0.1) is 0 Å². The highest BCUT2D eigenvalue weighted by Crippen LogP contribution is 2.17. The zero-order valence-electron chi connectivity index (χ0n) is 9.30. The van der Waals surface area contributed by atoms with Crippen molar-refractivity contribution in [2.45, 2.75) is 0 Å². The lowest BCUT2D eigenvalue weighted by Crippen LogP contribution is -2.14. The second-order valence-electron chi connectivity index (χ2n) is 3.66. The van der Waals surface area contributed by atoms with Crippen LogP contribution in [0.25, 0.3) is 0 Å². The largest absolute Gasteiger partial charge is 0.478 e. The summed E-state index contributed by atoms with van der Waals surface area (Å²) in [6, 6.07) is 4.38. The van der Waals surface area contributed by atoms with E-state index in [1.54, 1.807) is 6.07 Å². The molecular weight excluding hydrogens is 244 g/mol. The van der Waals surface area contributed by atoms with Gasteiger partial charge < -0.3 is 16.2 Å². The van der Waals surface area contributed by atoms with E-state index in [0.29, 0.717) is 5.69 Å². The third-order valence-electron chi connectivity index (χ3n) is 2.08. The number of nitrogens with two attached hydrogens (primary N) is 1. The zero-order chi connectivity index (χ0) is 13.1. The van der Waals surface area contributed by atoms with Crippen LogP contribution < -0.4 is 11.1 Å². The number of sulfone groups is 1. The molecule has 1 aromatic rings. The predicted molar refractivity (Wildman–Crippen MR) is 66.0 cm³/mol. The molecule has 1 aromatic carbocycles. The van der Waals surface area contributed by atoms with Crippen molar-refractivity contribution in [2.75, 3.05) is 29.6 Å². The maximum Gasteiger partial charge on any atom is 0.337 e. The zero-order valence-corrected chi connectivity index (χ0v) is 10.1. The van der Waals surface area contributed by atoms with Gasteiger partial charge in [0.1, 0.15) is 9.84 Å². The second kappa shape index (κ2) is 5.05. The van der Waals surface area contributed by atoms with E-state index in [9.17, 15) is 13.2 Å². The van der Waals surface area contributed by atoms with Crippen LogP contribution in [-0.4, -0.2) is 38.0 Å². The number of nitrogen functional groups attached to an aromatic ring is 1. The fourth-order valence-electron chi connectivity index (χ4n) is 1.25. The van der Waals surface area contributed by atoms with Gasteiger partial charge in [0.25, 0.3) is 0 Å². The number of hydrogen-bond donors (Lipinski definition) is 3. The van der Waals surface area contributed by atoms with Crippen LogP contribution in [0.15, 0.2) is 18.2 Å². The van der Waals surface area contributed by atoms with E-state index < -0.39 is 15.8 Å². The van der Waals surface area contributed by atoms with E-state index in [-0.39, 0.29) is 23.5 Å². The number of carboxylic acids is 1. The van der Waals surface area contributed by atoms with Gasteiger partial charge >= 0.3 is 5.97 Å². The third kappa shape index (κ3) is 4.31. The first-order valence-electron chi connectivity index (χ1n) is 4.84. The Hall–Kier alpha value is -1.76. The van der Waals surface area contributed by atoms with Gasteiger partial charge in [0.2, 0.25) is 0 Å². The monoisotopic (exact) mass is 258 g/mol. The quantitative estimate of drug-likeness (QED) is 0.660. The average Bonchev–Trinajstić information content (AvgIpc) is 2.15. The van der Waals surface area contributed by atoms with Crippen molar-refractivity contribution >= 4 is 27.2 Å². The Morgan fingerprint density at radius 2 is 2.12 bits per heavy atom. The van der Waals surface area contributed by atoms with Crippen LogP contribution in [0.3, 0.4) is 0 Å². The van der Waals surface area contributed by atoms with Crippen molar-refractivity contribution in [2.24, 2.45) is 0 Å². The van der Waals surface area contributed by atoms with Crippen LogP contribution >= 0.6 is 0 Å². The van der Waals surface area contributed by atoms with E-state index in [4.69, 9.17) is 10.8 Å². The fraction of sp³-hybridized carbons (Fsp3) is 0.300. The molecule has 0 spiro atoms. The summed E-state index contributed by atoms with van der Waals surface area (Å²) in [5.41, 5.74) is 6.30. The molecule has 0 fully saturated rings. The lowest BCUT2D eigenvalue weighted by atomic mass is 10.1. The van der Waals surface area contributed by atoms with Crippen molar-refractivity contribution < 1.29 is 18.3 Å². The lowest BCUT2D eigenvalue weighted by molar-refractivity contribution is 0.0698. The smallest absolute Gasteiger partial charge is 0.337 e. The van der Waals surface area contributed by atoms with Gasteiger partial charge in [-0.2, -0.15) is 0 Å². The molecule has 17 heavy (non-hydrogen) atoms. The Morgan fingerprint density at radius 3 is 2.59 bits per heavy atom. The molecule has 0 atom stereocenters. The number of carboxylic acid groups (broad SMARTS) is 1. The van der Waals surface area contributed by atoms with Gasteiger partial charge in [0.15, 0.2) is 0 Å². The Bertz CT molecular complexity index is 525. The predicted octanol–water partition coefficient (Wildman–Crippen LogP) is 0.423. The second-order valence-corrected chi connectivity index (χ2v) is 5.92. The molecule has 0 aromatic heterocycles. The Morgan fingerprint density at radius 1 is 1.47 bits per heavy atom. The van der Waals surface area contributed by atoms with Crippen molar-refractivity contribution in [3.63, 3.8) is 0 Å². The summed E-state index contributed by atoms with van der Waals surface area (Å²) in [4.78, 5) is 10.7. The highest BCUT2D eigenvalue weighted by molar-refractivity contribution is 7.90. The van der Waals surface area contributed by atoms with Crippen LogP contribution in [-0.2, 0) is 9.84 Å². The van der Waals surface area contributed by atoms with Crippen LogP contribution in [0.4, 0.5) is 11.4 Å². The van der Waals surface area contributed by atoms with E-state index in [1.807, 2.05) is 0 Å². The minimum Gasteiger partial charge on any atom is -0.478 e. The number of rotatable bonds is 5. The fourth-order valence-corrected chi connectivity index (χ4v) is 1.72. The topological polar surface area (TPSA) is 109 Å². The highest BCUT2D eigenvalue weighted by atomic mass is 32.2. The first-order chi connectivity index (χ1) is 7.79. The van der Waals surface area contributed by atoms with Gasteiger partial charge in [-0.25, -0.2) is 13.2 Å². The van der Waals surface area contributed by atoms with Crippen molar-refractivity contribution in [3.8, 4) is 0 Å². The molecule has 0 saturated heterocycles. The van der Waals surface area contributed by atoms with E-state index >= 15 is 0 Å². The SMILES string of the molecule is CS(=O)(=O)CCNc1ccc(C(=O)O)c(N)c1. The first kappa shape index (κ1) is 13.3. The Balaban J connectivity index is 2.68. The molecule has 4 N–H and O–H groups in total. The molecule has 0 heterocycles. The highest BCUT2D eigenvalue weighted by Gasteiger charge is 2.08. The summed E-state index contributed by atoms with van der Waals surface area (Å²) in [7, 11) is -3.01. The molecule has 0 unspecified atom stereocenters. The maximum absolute atomic E-state index is 10.9. The maximum atomic E-state index is 10.9. The number of carbonyl (C=O) groups is 1. The Labute approximate surface area is 99.4 Å². The normalized spacial score (nSPS) is 11.1. The summed E-state index contributed by atoms with van der Waals surface area (Å²) in [5.74, 6) is -1.08. The third-order valence-corrected chi connectivity index (χ3v) is 3.03. The van der Waals surface area contributed by atoms with Crippen molar-refractivity contribution in [1.82, 2.24) is 0 Å². The summed E-state index contributed by atoms with van der Waals surface area (Å²) in [5, 5.41) is 11.6. The standard InChI is InChI=1S/C10H14N2O4S/c1-17(15,16)5-4-12-7-2-3-8(10(13)14)9(11)6-7/h2-3,6,12H,4-5,11H2,1H3,(H,13,14). The van der Waals surface area contributed by atoms with Gasteiger partial charge in [-0.05, 0) is 18.2 Å². The molecule has 0 amide bonds. The van der Waals surface area contributed by atoms with Crippen molar-refractivity contribution in [1.29, 1.82) is 0 Å². The van der Waals surface area contributed by atoms with E-state index in [1.165, 1.54) is 12.1 Å². The molecule has 0 aliphatic heterocycles. The Kier molecular flexibility index (Phi) is 3.95. The number of hydrogen-bond acceptors (Lipinski definition) is 5. The van der Waals surface area contributed by atoms with Gasteiger partial charge in [-0.3, -0.25) is 0 Å². The van der Waals surface area contributed by atoms with Crippen LogP contribution in [0, 0.1) is 0 Å². The average molecular weight is 258 g/mol. The lowest BCUT2D eigenvalue weighted by Gasteiger charge is -2.07. The van der Waals surface area contributed by atoms with Crippen LogP contribution in [0.1, 0.15) is 10.4 Å². The molecule has 1 rings (SSSR count). The minimum atomic E-state index is -3.01. The van der Waals surface area contributed by atoms with Crippen LogP contribution in [0.2, 0.25) is 0 Å². The molecule has 0 radical (unpaired) electrons. The molecule has 94 valence electrons. The summed E-state index contributed by atoms with van der Waals surface area (Å²) >= 11 is 0. The summed E-state index contributed by atoms with van der Waals surface area (Å²) in [6.07, 6.45) is 1.15. The van der Waals surface area contributed by atoms with E-state index in [0.717, 1.165) is 6.26 Å². The molecule has 0 aliphatic rings. The summed E-state index contributed by atoms with van der Waals surface area (Å²) in [6.45, 7) is 0.255. The van der Waals surface area contributed by atoms with Gasteiger partial charge in [0, 0.05) is 24.2 Å². The number of benzene rings is 1. The van der Waals surface area contributed by atoms with Gasteiger partial charge in [-0.1, -0.05) is 0 Å². The number of anilines is 2. The molecule has 7 heteroatoms.